The molecule has 0 atom stereocenters. The van der Waals surface area contributed by atoms with Crippen molar-refractivity contribution in [2.45, 2.75) is 0 Å². The summed E-state index contributed by atoms with van der Waals surface area (Å²) in [7, 11) is 0. The minimum Gasteiger partial charge on any atom is -0.288 e. The molecule has 0 unspecified atom stereocenters. The summed E-state index contributed by atoms with van der Waals surface area (Å²) in [5.74, 6) is -5.35. The fourth-order valence-corrected chi connectivity index (χ4v) is 4.05. The molecule has 0 spiro atoms. The van der Waals surface area contributed by atoms with E-state index in [1.54, 1.807) is 36.4 Å². The lowest BCUT2D eigenvalue weighted by molar-refractivity contribution is 0.103. The van der Waals surface area contributed by atoms with Crippen molar-refractivity contribution in [2.75, 3.05) is 0 Å². The normalized spacial score (nSPS) is 13.5. The maximum absolute atomic E-state index is 14.8. The Hall–Kier alpha value is -4.56. The van der Waals surface area contributed by atoms with Gasteiger partial charge in [-0.2, -0.15) is 10.5 Å². The summed E-state index contributed by atoms with van der Waals surface area (Å²) < 4.78 is 43.3. The summed E-state index contributed by atoms with van der Waals surface area (Å²) in [6, 6.07) is 10.1. The van der Waals surface area contributed by atoms with Crippen LogP contribution in [0.4, 0.5) is 13.2 Å². The van der Waals surface area contributed by atoms with Crippen LogP contribution in [0.1, 0.15) is 27.0 Å². The number of carbonyl (C=O) groups excluding carboxylic acids is 1. The van der Waals surface area contributed by atoms with Crippen molar-refractivity contribution in [2.24, 2.45) is 0 Å². The quantitative estimate of drug-likeness (QED) is 0.243. The molecule has 2 aliphatic carbocycles. The molecule has 2 aromatic heterocycles. The first kappa shape index (κ1) is 18.5. The van der Waals surface area contributed by atoms with Crippen molar-refractivity contribution in [1.82, 2.24) is 9.97 Å². The number of aromatic nitrogens is 2. The zero-order chi connectivity index (χ0) is 21.9. The first-order valence-corrected chi connectivity index (χ1v) is 8.92. The number of nitrogens with zero attached hydrogens (tertiary/aromatic N) is 4. The highest BCUT2D eigenvalue weighted by molar-refractivity contribution is 6.33. The second-order valence-electron chi connectivity index (χ2n) is 6.76. The summed E-state index contributed by atoms with van der Waals surface area (Å²) >= 11 is 0. The lowest BCUT2D eigenvalue weighted by Gasteiger charge is -2.09. The van der Waals surface area contributed by atoms with E-state index in [1.165, 1.54) is 12.4 Å². The van der Waals surface area contributed by atoms with Gasteiger partial charge in [0.25, 0.3) is 0 Å². The molecule has 5 nitrogen and oxygen atoms in total. The lowest BCUT2D eigenvalue weighted by atomic mass is 9.91. The molecule has 2 heterocycles. The van der Waals surface area contributed by atoms with Gasteiger partial charge in [0.15, 0.2) is 17.4 Å². The lowest BCUT2D eigenvalue weighted by Crippen LogP contribution is -2.04. The Balaban J connectivity index is 2.02. The third-order valence-corrected chi connectivity index (χ3v) is 5.23. The molecule has 0 N–H and O–H groups in total. The number of Topliss-reactive ketones (excluding diaryl/α,β-unsaturated/α-hetero) is 1. The molecule has 0 radical (unpaired) electrons. The Morgan fingerprint density at radius 1 is 0.839 bits per heavy atom. The number of fused-ring (bicyclic) bond motifs is 4. The third kappa shape index (κ3) is 2.33. The highest BCUT2D eigenvalue weighted by Crippen LogP contribution is 2.51. The van der Waals surface area contributed by atoms with E-state index in [0.717, 1.165) is 0 Å². The SMILES string of the molecule is N#CC(C#N)=C1C(=C2c3cccnc3-c3ncccc32)C(=O)c2c(F)c(F)cc(F)c21. The summed E-state index contributed by atoms with van der Waals surface area (Å²) in [6.07, 6.45) is 3.05. The van der Waals surface area contributed by atoms with Crippen LogP contribution in [0.3, 0.4) is 0 Å². The van der Waals surface area contributed by atoms with Gasteiger partial charge in [0.05, 0.1) is 17.0 Å². The monoisotopic (exact) mass is 412 g/mol. The molecule has 31 heavy (non-hydrogen) atoms. The van der Waals surface area contributed by atoms with E-state index in [4.69, 9.17) is 0 Å². The number of benzene rings is 1. The topological polar surface area (TPSA) is 90.4 Å². The molecule has 0 amide bonds. The number of rotatable bonds is 0. The molecule has 8 heteroatoms. The first-order valence-electron chi connectivity index (χ1n) is 8.92. The summed E-state index contributed by atoms with van der Waals surface area (Å²) in [5, 5.41) is 19.0. The summed E-state index contributed by atoms with van der Waals surface area (Å²) in [5.41, 5.74) is -0.694. The Kier molecular flexibility index (Phi) is 3.86. The third-order valence-electron chi connectivity index (χ3n) is 5.23. The van der Waals surface area contributed by atoms with Gasteiger partial charge in [-0.25, -0.2) is 13.2 Å². The molecule has 3 aromatic rings. The van der Waals surface area contributed by atoms with Crippen molar-refractivity contribution < 1.29 is 18.0 Å². The smallest absolute Gasteiger partial charge is 0.198 e. The number of halogens is 3. The van der Waals surface area contributed by atoms with Crippen LogP contribution in [0.15, 0.2) is 53.9 Å². The molecule has 5 rings (SSSR count). The van der Waals surface area contributed by atoms with Crippen molar-refractivity contribution in [3.63, 3.8) is 0 Å². The van der Waals surface area contributed by atoms with Crippen LogP contribution in [0.5, 0.6) is 0 Å². The highest BCUT2D eigenvalue weighted by atomic mass is 19.2. The fraction of sp³-hybridized carbons (Fsp3) is 0. The largest absolute Gasteiger partial charge is 0.288 e. The van der Waals surface area contributed by atoms with Crippen LogP contribution in [-0.4, -0.2) is 15.8 Å². The van der Waals surface area contributed by atoms with Crippen LogP contribution in [0.25, 0.3) is 22.5 Å². The van der Waals surface area contributed by atoms with E-state index in [9.17, 15) is 28.5 Å². The highest BCUT2D eigenvalue weighted by Gasteiger charge is 2.43. The maximum atomic E-state index is 14.8. The fourth-order valence-electron chi connectivity index (χ4n) is 4.05. The Bertz CT molecular complexity index is 1440. The predicted octanol–water partition coefficient (Wildman–Crippen LogP) is 4.37. The molecular formula is C23H7F3N4O. The number of allylic oxidation sites excluding steroid dienone is 3. The Morgan fingerprint density at radius 2 is 1.42 bits per heavy atom. The average Bonchev–Trinajstić information content (AvgIpc) is 3.26. The van der Waals surface area contributed by atoms with Crippen LogP contribution < -0.4 is 0 Å². The van der Waals surface area contributed by atoms with Crippen molar-refractivity contribution in [3.05, 3.63) is 93.6 Å². The number of nitriles is 2. The van der Waals surface area contributed by atoms with E-state index in [1.807, 2.05) is 0 Å². The van der Waals surface area contributed by atoms with E-state index < -0.39 is 39.9 Å². The second kappa shape index (κ2) is 6.48. The number of hydrogen-bond donors (Lipinski definition) is 0. The molecule has 0 saturated heterocycles. The molecule has 0 bridgehead atoms. The zero-order valence-corrected chi connectivity index (χ0v) is 15.4. The second-order valence-corrected chi connectivity index (χ2v) is 6.76. The van der Waals surface area contributed by atoms with Gasteiger partial charge in [-0.1, -0.05) is 12.1 Å². The van der Waals surface area contributed by atoms with Crippen molar-refractivity contribution in [3.8, 4) is 23.5 Å². The molecule has 0 fully saturated rings. The van der Waals surface area contributed by atoms with Crippen LogP contribution in [0.2, 0.25) is 0 Å². The van der Waals surface area contributed by atoms with Gasteiger partial charge >= 0.3 is 0 Å². The molecule has 0 saturated carbocycles. The summed E-state index contributed by atoms with van der Waals surface area (Å²) in [6.45, 7) is 0. The molecule has 0 aliphatic heterocycles. The number of pyridine rings is 2. The zero-order valence-electron chi connectivity index (χ0n) is 15.4. The summed E-state index contributed by atoms with van der Waals surface area (Å²) in [4.78, 5) is 21.9. The molecule has 2 aliphatic rings. The molecule has 1 aromatic carbocycles. The molecular weight excluding hydrogens is 405 g/mol. The van der Waals surface area contributed by atoms with Gasteiger partial charge in [-0.3, -0.25) is 14.8 Å². The average molecular weight is 412 g/mol. The van der Waals surface area contributed by atoms with E-state index >= 15 is 0 Å². The van der Waals surface area contributed by atoms with Crippen molar-refractivity contribution >= 4 is 16.9 Å². The predicted molar refractivity (Wildman–Crippen MR) is 102 cm³/mol. The van der Waals surface area contributed by atoms with E-state index in [-0.39, 0.29) is 16.7 Å². The van der Waals surface area contributed by atoms with Gasteiger partial charge in [0.2, 0.25) is 0 Å². The van der Waals surface area contributed by atoms with Gasteiger partial charge in [0.1, 0.15) is 23.5 Å². The van der Waals surface area contributed by atoms with Gasteiger partial charge in [-0.15, -0.1) is 0 Å². The van der Waals surface area contributed by atoms with Crippen LogP contribution in [0, 0.1) is 40.1 Å². The minimum atomic E-state index is -1.54. The molecule has 146 valence electrons. The van der Waals surface area contributed by atoms with Crippen molar-refractivity contribution in [1.29, 1.82) is 10.5 Å². The van der Waals surface area contributed by atoms with Gasteiger partial charge in [-0.05, 0) is 12.1 Å². The standard InChI is InChI=1S/C23H7F3N4O/c24-13-7-14(25)20(26)19-17(13)15(10(8-27)9-28)18(23(19)31)16-11-3-1-5-29-21(11)22-12(16)4-2-6-30-22/h1-7H. The maximum Gasteiger partial charge on any atom is 0.198 e. The van der Waals surface area contributed by atoms with Gasteiger partial charge < -0.3 is 0 Å². The van der Waals surface area contributed by atoms with E-state index in [2.05, 4.69) is 9.97 Å². The van der Waals surface area contributed by atoms with Crippen LogP contribution in [-0.2, 0) is 0 Å². The first-order chi connectivity index (χ1) is 15.0. The Morgan fingerprint density at radius 3 is 1.97 bits per heavy atom. The minimum absolute atomic E-state index is 0.226. The number of carbonyl (C=O) groups is 1. The number of ketones is 1. The van der Waals surface area contributed by atoms with Gasteiger partial charge in [0, 0.05) is 51.9 Å². The number of hydrogen-bond acceptors (Lipinski definition) is 5. The van der Waals surface area contributed by atoms with Crippen LogP contribution >= 0.6 is 0 Å². The van der Waals surface area contributed by atoms with E-state index in [0.29, 0.717) is 28.6 Å². The Labute approximate surface area is 173 Å².